The molecule has 0 radical (unpaired) electrons. The minimum absolute atomic E-state index is 0.556. The van der Waals surface area contributed by atoms with E-state index in [0.29, 0.717) is 5.96 Å². The lowest BCUT2D eigenvalue weighted by Crippen LogP contribution is -2.29. The maximum atomic E-state index is 5.29. The molecule has 0 aromatic heterocycles. The second-order valence-electron chi connectivity index (χ2n) is 3.80. The lowest BCUT2D eigenvalue weighted by molar-refractivity contribution is 0.561. The number of guanidine groups is 1. The average Bonchev–Trinajstić information content (AvgIpc) is 2.14. The highest BCUT2D eigenvalue weighted by molar-refractivity contribution is 5.77. The molecule has 0 saturated carbocycles. The molecular formula is C10H26N4. The van der Waals surface area contributed by atoms with Crippen molar-refractivity contribution in [3.63, 3.8) is 0 Å². The van der Waals surface area contributed by atoms with Gasteiger partial charge in [0.05, 0.1) is 0 Å². The Kier molecular flexibility index (Phi) is 11.6. The number of nitrogens with two attached hydrogens (primary N) is 2. The largest absolute Gasteiger partial charge is 0.370 e. The zero-order chi connectivity index (χ0) is 11.6. The van der Waals surface area contributed by atoms with E-state index >= 15 is 0 Å². The summed E-state index contributed by atoms with van der Waals surface area (Å²) in [5.74, 6) is 1.38. The number of rotatable bonds is 3. The van der Waals surface area contributed by atoms with E-state index in [0.717, 1.165) is 12.5 Å². The molecule has 0 amide bonds. The van der Waals surface area contributed by atoms with Crippen molar-refractivity contribution in [1.29, 1.82) is 0 Å². The summed E-state index contributed by atoms with van der Waals surface area (Å²) < 4.78 is 0. The van der Waals surface area contributed by atoms with Crippen LogP contribution in [0, 0.1) is 5.92 Å². The van der Waals surface area contributed by atoms with Crippen LogP contribution in [0.1, 0.15) is 26.7 Å². The molecule has 0 rings (SSSR count). The van der Waals surface area contributed by atoms with Gasteiger partial charge in [0.15, 0.2) is 5.96 Å². The third kappa shape index (κ3) is 13.8. The van der Waals surface area contributed by atoms with E-state index in [9.17, 15) is 0 Å². The lowest BCUT2D eigenvalue weighted by Gasteiger charge is -2.07. The highest BCUT2D eigenvalue weighted by Crippen LogP contribution is 2.00. The molecule has 4 nitrogen and oxygen atoms in total. The number of nitrogens with zero attached hydrogens (tertiary/aromatic N) is 2. The Morgan fingerprint density at radius 3 is 1.93 bits per heavy atom. The van der Waals surface area contributed by atoms with E-state index in [1.54, 1.807) is 11.9 Å². The number of aliphatic imine (C=N–C) groups is 1. The fourth-order valence-corrected chi connectivity index (χ4v) is 0.726. The predicted octanol–water partition coefficient (Wildman–Crippen LogP) is 0.874. The topological polar surface area (TPSA) is 67.6 Å². The van der Waals surface area contributed by atoms with Crippen molar-refractivity contribution in [2.24, 2.45) is 22.4 Å². The van der Waals surface area contributed by atoms with Crippen LogP contribution in [0.2, 0.25) is 0 Å². The number of hydrogen-bond donors (Lipinski definition) is 2. The van der Waals surface area contributed by atoms with Crippen LogP contribution in [0.15, 0.2) is 4.99 Å². The molecule has 0 fully saturated rings. The van der Waals surface area contributed by atoms with Crippen molar-refractivity contribution >= 4 is 5.96 Å². The predicted molar refractivity (Wildman–Crippen MR) is 64.4 cm³/mol. The second kappa shape index (κ2) is 10.3. The van der Waals surface area contributed by atoms with Gasteiger partial charge in [-0.15, -0.1) is 0 Å². The van der Waals surface area contributed by atoms with E-state index < -0.39 is 0 Å². The van der Waals surface area contributed by atoms with Crippen molar-refractivity contribution in [1.82, 2.24) is 4.90 Å². The Hall–Kier alpha value is -0.770. The maximum Gasteiger partial charge on any atom is 0.190 e. The summed E-state index contributed by atoms with van der Waals surface area (Å²) >= 11 is 0. The summed E-state index contributed by atoms with van der Waals surface area (Å²) in [6.45, 7) is 5.28. The summed E-state index contributed by atoms with van der Waals surface area (Å²) in [5, 5.41) is 0. The smallest absolute Gasteiger partial charge is 0.190 e. The van der Waals surface area contributed by atoms with Crippen molar-refractivity contribution < 1.29 is 0 Å². The first kappa shape index (κ1) is 15.7. The van der Waals surface area contributed by atoms with E-state index in [2.05, 4.69) is 18.8 Å². The van der Waals surface area contributed by atoms with Crippen LogP contribution in [-0.4, -0.2) is 38.5 Å². The van der Waals surface area contributed by atoms with E-state index in [4.69, 9.17) is 11.5 Å². The van der Waals surface area contributed by atoms with Crippen molar-refractivity contribution in [2.45, 2.75) is 26.7 Å². The van der Waals surface area contributed by atoms with Crippen molar-refractivity contribution in [3.8, 4) is 0 Å². The molecule has 14 heavy (non-hydrogen) atoms. The highest BCUT2D eigenvalue weighted by Gasteiger charge is 1.88. The van der Waals surface area contributed by atoms with Gasteiger partial charge in [0.2, 0.25) is 0 Å². The Bertz CT molecular complexity index is 141. The summed E-state index contributed by atoms with van der Waals surface area (Å²) in [5.41, 5.74) is 10.6. The Labute approximate surface area is 88.4 Å². The second-order valence-corrected chi connectivity index (χ2v) is 3.80. The molecule has 0 aromatic rings. The molecule has 0 spiro atoms. The van der Waals surface area contributed by atoms with Crippen LogP contribution >= 0.6 is 0 Å². The first-order valence-corrected chi connectivity index (χ1v) is 5.05. The molecule has 0 saturated heterocycles. The SMILES string of the molecule is CC(C)CCCN.CN=C(N)N(C)C. The van der Waals surface area contributed by atoms with Crippen LogP contribution in [0.4, 0.5) is 0 Å². The molecule has 0 aromatic carbocycles. The molecular weight excluding hydrogens is 176 g/mol. The fraction of sp³-hybridized carbons (Fsp3) is 0.900. The molecule has 0 atom stereocenters. The number of hydrogen-bond acceptors (Lipinski definition) is 2. The zero-order valence-corrected chi connectivity index (χ0v) is 10.2. The monoisotopic (exact) mass is 202 g/mol. The van der Waals surface area contributed by atoms with Crippen LogP contribution in [0.5, 0.6) is 0 Å². The minimum atomic E-state index is 0.556. The molecule has 0 unspecified atom stereocenters. The van der Waals surface area contributed by atoms with E-state index in [1.165, 1.54) is 12.8 Å². The van der Waals surface area contributed by atoms with Gasteiger partial charge < -0.3 is 16.4 Å². The van der Waals surface area contributed by atoms with E-state index in [-0.39, 0.29) is 0 Å². The van der Waals surface area contributed by atoms with Gasteiger partial charge in [-0.05, 0) is 25.3 Å². The van der Waals surface area contributed by atoms with Crippen molar-refractivity contribution in [2.75, 3.05) is 27.7 Å². The normalized spacial score (nSPS) is 10.9. The first-order valence-electron chi connectivity index (χ1n) is 5.05. The minimum Gasteiger partial charge on any atom is -0.370 e. The maximum absolute atomic E-state index is 5.29. The molecule has 4 heteroatoms. The van der Waals surface area contributed by atoms with Gasteiger partial charge >= 0.3 is 0 Å². The highest BCUT2D eigenvalue weighted by atomic mass is 15.2. The molecule has 0 aliphatic rings. The zero-order valence-electron chi connectivity index (χ0n) is 10.2. The van der Waals surface area contributed by atoms with Gasteiger partial charge in [0, 0.05) is 21.1 Å². The molecule has 0 bridgehead atoms. The fourth-order valence-electron chi connectivity index (χ4n) is 0.726. The quantitative estimate of drug-likeness (QED) is 0.527. The van der Waals surface area contributed by atoms with E-state index in [1.807, 2.05) is 14.1 Å². The molecule has 0 aliphatic carbocycles. The van der Waals surface area contributed by atoms with Crippen LogP contribution in [0.25, 0.3) is 0 Å². The average molecular weight is 202 g/mol. The summed E-state index contributed by atoms with van der Waals surface area (Å²) in [7, 11) is 5.36. The third-order valence-corrected chi connectivity index (χ3v) is 1.67. The summed E-state index contributed by atoms with van der Waals surface area (Å²) in [6, 6.07) is 0. The van der Waals surface area contributed by atoms with Gasteiger partial charge in [0.1, 0.15) is 0 Å². The van der Waals surface area contributed by atoms with Crippen molar-refractivity contribution in [3.05, 3.63) is 0 Å². The molecule has 0 aliphatic heterocycles. The first-order chi connectivity index (χ1) is 6.45. The van der Waals surface area contributed by atoms with Crippen LogP contribution < -0.4 is 11.5 Å². The van der Waals surface area contributed by atoms with Gasteiger partial charge in [-0.25, -0.2) is 0 Å². The Morgan fingerprint density at radius 2 is 1.86 bits per heavy atom. The summed E-state index contributed by atoms with van der Waals surface area (Å²) in [4.78, 5) is 5.46. The molecule has 86 valence electrons. The third-order valence-electron chi connectivity index (χ3n) is 1.67. The van der Waals surface area contributed by atoms with Gasteiger partial charge in [-0.2, -0.15) is 0 Å². The van der Waals surface area contributed by atoms with Gasteiger partial charge in [-0.1, -0.05) is 13.8 Å². The van der Waals surface area contributed by atoms with Crippen LogP contribution in [-0.2, 0) is 0 Å². The molecule has 4 N–H and O–H groups in total. The van der Waals surface area contributed by atoms with Gasteiger partial charge in [0.25, 0.3) is 0 Å². The van der Waals surface area contributed by atoms with Crippen LogP contribution in [0.3, 0.4) is 0 Å². The Balaban J connectivity index is 0. The Morgan fingerprint density at radius 1 is 1.36 bits per heavy atom. The van der Waals surface area contributed by atoms with Gasteiger partial charge in [-0.3, -0.25) is 4.99 Å². The lowest BCUT2D eigenvalue weighted by atomic mass is 10.1. The standard InChI is InChI=1S/C6H15N.C4H11N3/c1-6(2)4-3-5-7;1-6-4(5)7(2)3/h6H,3-5,7H2,1-2H3;1-3H3,(H2,5,6). The summed E-state index contributed by atoms with van der Waals surface area (Å²) in [6.07, 6.45) is 2.45. The molecule has 0 heterocycles.